The van der Waals surface area contributed by atoms with Gasteiger partial charge in [0.25, 0.3) is 0 Å². The lowest BCUT2D eigenvalue weighted by Gasteiger charge is -2.37. The molecular formula is C18H31NO6. The smallest absolute Gasteiger partial charge is 0.327 e. The third-order valence-corrected chi connectivity index (χ3v) is 4.78. The molecule has 25 heavy (non-hydrogen) atoms. The Balaban J connectivity index is 2.77. The first kappa shape index (κ1) is 21.4. The summed E-state index contributed by atoms with van der Waals surface area (Å²) in [4.78, 5) is 36.0. The number of carbonyl (C=O) groups is 3. The summed E-state index contributed by atoms with van der Waals surface area (Å²) in [6.45, 7) is 5.47. The van der Waals surface area contributed by atoms with Crippen molar-refractivity contribution >= 4 is 17.9 Å². The molecule has 7 heteroatoms. The lowest BCUT2D eigenvalue weighted by Crippen LogP contribution is -2.54. The van der Waals surface area contributed by atoms with Crippen LogP contribution in [0.3, 0.4) is 0 Å². The fraction of sp³-hybridized carbons (Fsp3) is 0.833. The Bertz CT molecular complexity index is 470. The van der Waals surface area contributed by atoms with Crippen molar-refractivity contribution in [1.29, 1.82) is 0 Å². The second-order valence-electron chi connectivity index (χ2n) is 7.14. The molecule has 0 heterocycles. The van der Waals surface area contributed by atoms with Crippen LogP contribution in [-0.4, -0.2) is 35.3 Å². The van der Waals surface area contributed by atoms with Crippen LogP contribution < -0.4 is 5.73 Å². The van der Waals surface area contributed by atoms with Crippen LogP contribution in [0.15, 0.2) is 0 Å². The fourth-order valence-corrected chi connectivity index (χ4v) is 3.06. The Hall–Kier alpha value is -1.63. The average Bonchev–Trinajstić information content (AvgIpc) is 2.58. The number of esters is 2. The van der Waals surface area contributed by atoms with Gasteiger partial charge in [-0.05, 0) is 19.3 Å². The summed E-state index contributed by atoms with van der Waals surface area (Å²) in [5, 5.41) is 9.62. The molecule has 0 aromatic carbocycles. The lowest BCUT2D eigenvalue weighted by molar-refractivity contribution is -0.200. The van der Waals surface area contributed by atoms with E-state index in [0.717, 1.165) is 12.8 Å². The van der Waals surface area contributed by atoms with E-state index in [0.29, 0.717) is 32.1 Å². The first-order valence-corrected chi connectivity index (χ1v) is 9.13. The number of unbranched alkanes of at least 4 members (excludes halogenated alkanes) is 1. The minimum Gasteiger partial charge on any atom is -0.481 e. The summed E-state index contributed by atoms with van der Waals surface area (Å²) in [5.74, 6) is -2.59. The van der Waals surface area contributed by atoms with E-state index in [2.05, 4.69) is 0 Å². The normalized spacial score (nSPS) is 19.1. The van der Waals surface area contributed by atoms with Gasteiger partial charge in [-0.25, -0.2) is 0 Å². The van der Waals surface area contributed by atoms with Crippen molar-refractivity contribution in [3.63, 3.8) is 0 Å². The van der Waals surface area contributed by atoms with E-state index in [9.17, 15) is 19.5 Å². The van der Waals surface area contributed by atoms with E-state index in [1.165, 1.54) is 0 Å². The number of nitrogens with two attached hydrogens (primary N) is 1. The molecule has 0 spiro atoms. The number of aliphatic carboxylic acids is 1. The van der Waals surface area contributed by atoms with Gasteiger partial charge in [0.2, 0.25) is 6.29 Å². The molecule has 7 nitrogen and oxygen atoms in total. The van der Waals surface area contributed by atoms with Crippen LogP contribution in [-0.2, 0) is 23.9 Å². The number of carbonyl (C=O) groups excluding carboxylic acids is 2. The summed E-state index contributed by atoms with van der Waals surface area (Å²) in [7, 11) is 0. The molecule has 2 atom stereocenters. The first-order chi connectivity index (χ1) is 11.7. The van der Waals surface area contributed by atoms with E-state index >= 15 is 0 Å². The molecule has 0 aliphatic heterocycles. The van der Waals surface area contributed by atoms with Crippen LogP contribution in [0.4, 0.5) is 0 Å². The zero-order valence-electron chi connectivity index (χ0n) is 15.5. The third-order valence-electron chi connectivity index (χ3n) is 4.78. The second kappa shape index (κ2) is 9.75. The zero-order chi connectivity index (χ0) is 19.0. The largest absolute Gasteiger partial charge is 0.481 e. The van der Waals surface area contributed by atoms with E-state index in [-0.39, 0.29) is 12.3 Å². The van der Waals surface area contributed by atoms with Gasteiger partial charge in [-0.3, -0.25) is 14.4 Å². The van der Waals surface area contributed by atoms with Crippen LogP contribution in [0.1, 0.15) is 72.1 Å². The molecule has 1 fully saturated rings. The molecule has 0 bridgehead atoms. The zero-order valence-corrected chi connectivity index (χ0v) is 15.5. The first-order valence-electron chi connectivity index (χ1n) is 9.13. The molecule has 0 saturated heterocycles. The molecule has 1 aliphatic rings. The topological polar surface area (TPSA) is 116 Å². The maximum atomic E-state index is 12.5. The highest BCUT2D eigenvalue weighted by molar-refractivity contribution is 5.87. The number of hydrogen-bond acceptors (Lipinski definition) is 6. The van der Waals surface area contributed by atoms with Crippen LogP contribution in [0.2, 0.25) is 0 Å². The van der Waals surface area contributed by atoms with Crippen molar-refractivity contribution in [2.75, 3.05) is 0 Å². The third kappa shape index (κ3) is 5.70. The van der Waals surface area contributed by atoms with Gasteiger partial charge in [-0.2, -0.15) is 0 Å². The van der Waals surface area contributed by atoms with Crippen molar-refractivity contribution in [2.24, 2.45) is 17.1 Å². The Morgan fingerprint density at radius 2 is 1.72 bits per heavy atom. The second-order valence-corrected chi connectivity index (χ2v) is 7.14. The number of ether oxygens (including phenoxy) is 2. The maximum absolute atomic E-state index is 12.5. The van der Waals surface area contributed by atoms with Crippen LogP contribution >= 0.6 is 0 Å². The van der Waals surface area contributed by atoms with E-state index in [1.807, 2.05) is 6.92 Å². The van der Waals surface area contributed by atoms with Crippen molar-refractivity contribution in [2.45, 2.75) is 84.5 Å². The molecule has 1 saturated carbocycles. The standard InChI is InChI=1S/C18H31NO6/c1-4-5-9-13(20)24-16(12(2)3)25-15(21)14(19)18(17(22)23)10-7-6-8-11-18/h12,14,16H,4-11,19H2,1-3H3,(H,22,23). The van der Waals surface area contributed by atoms with Gasteiger partial charge in [0.05, 0.1) is 5.41 Å². The molecule has 1 rings (SSSR count). The number of carboxylic acids is 1. The summed E-state index contributed by atoms with van der Waals surface area (Å²) < 4.78 is 10.5. The van der Waals surface area contributed by atoms with Gasteiger partial charge in [0.1, 0.15) is 6.04 Å². The molecule has 1 aliphatic carbocycles. The summed E-state index contributed by atoms with van der Waals surface area (Å²) in [6.07, 6.45) is 3.80. The van der Waals surface area contributed by atoms with Crippen molar-refractivity contribution in [3.8, 4) is 0 Å². The van der Waals surface area contributed by atoms with Gasteiger partial charge in [-0.1, -0.05) is 46.5 Å². The highest BCUT2D eigenvalue weighted by Crippen LogP contribution is 2.39. The molecular weight excluding hydrogens is 326 g/mol. The number of hydrogen-bond donors (Lipinski definition) is 2. The monoisotopic (exact) mass is 357 g/mol. The van der Waals surface area contributed by atoms with Gasteiger partial charge in [0, 0.05) is 12.3 Å². The molecule has 0 radical (unpaired) electrons. The molecule has 0 aromatic rings. The summed E-state index contributed by atoms with van der Waals surface area (Å²) >= 11 is 0. The average molecular weight is 357 g/mol. The highest BCUT2D eigenvalue weighted by Gasteiger charge is 2.49. The van der Waals surface area contributed by atoms with Crippen LogP contribution in [0.25, 0.3) is 0 Å². The highest BCUT2D eigenvalue weighted by atomic mass is 16.7. The quantitative estimate of drug-likeness (QED) is 0.481. The Labute approximate surface area is 149 Å². The SMILES string of the molecule is CCCCC(=O)OC(OC(=O)C(N)C1(C(=O)O)CCCCC1)C(C)C. The summed E-state index contributed by atoms with van der Waals surface area (Å²) in [6, 6.07) is -1.28. The lowest BCUT2D eigenvalue weighted by atomic mass is 9.69. The van der Waals surface area contributed by atoms with Crippen molar-refractivity contribution in [3.05, 3.63) is 0 Å². The predicted octanol–water partition coefficient (Wildman–Crippen LogP) is 2.61. The van der Waals surface area contributed by atoms with Crippen LogP contribution in [0.5, 0.6) is 0 Å². The predicted molar refractivity (Wildman–Crippen MR) is 91.5 cm³/mol. The Morgan fingerprint density at radius 3 is 2.20 bits per heavy atom. The van der Waals surface area contributed by atoms with Crippen molar-refractivity contribution < 1.29 is 29.0 Å². The molecule has 3 N–H and O–H groups in total. The van der Waals surface area contributed by atoms with E-state index < -0.39 is 35.7 Å². The van der Waals surface area contributed by atoms with Gasteiger partial charge in [0.15, 0.2) is 0 Å². The van der Waals surface area contributed by atoms with Gasteiger partial charge in [-0.15, -0.1) is 0 Å². The van der Waals surface area contributed by atoms with E-state index in [1.54, 1.807) is 13.8 Å². The Morgan fingerprint density at radius 1 is 1.12 bits per heavy atom. The minimum atomic E-state index is -1.30. The fourth-order valence-electron chi connectivity index (χ4n) is 3.06. The van der Waals surface area contributed by atoms with Crippen LogP contribution in [0, 0.1) is 11.3 Å². The maximum Gasteiger partial charge on any atom is 0.327 e. The molecule has 144 valence electrons. The van der Waals surface area contributed by atoms with E-state index in [4.69, 9.17) is 15.2 Å². The minimum absolute atomic E-state index is 0.252. The number of rotatable bonds is 9. The molecule has 2 unspecified atom stereocenters. The molecule has 0 aromatic heterocycles. The molecule has 0 amide bonds. The van der Waals surface area contributed by atoms with Gasteiger partial charge >= 0.3 is 17.9 Å². The summed E-state index contributed by atoms with van der Waals surface area (Å²) in [5.41, 5.74) is 4.69. The van der Waals surface area contributed by atoms with Crippen molar-refractivity contribution in [1.82, 2.24) is 0 Å². The van der Waals surface area contributed by atoms with Gasteiger partial charge < -0.3 is 20.3 Å². The Kier molecular flexibility index (Phi) is 8.35. The number of carboxylic acid groups (broad SMARTS) is 1.